The molecule has 1 N–H and O–H groups in total. The van der Waals surface area contributed by atoms with E-state index in [0.717, 1.165) is 36.5 Å². The second kappa shape index (κ2) is 7.91. The highest BCUT2D eigenvalue weighted by Crippen LogP contribution is 2.28. The van der Waals surface area contributed by atoms with Crippen molar-refractivity contribution >= 4 is 34.9 Å². The van der Waals surface area contributed by atoms with E-state index in [-0.39, 0.29) is 6.03 Å². The van der Waals surface area contributed by atoms with Gasteiger partial charge >= 0.3 is 6.03 Å². The monoisotopic (exact) mass is 362 g/mol. The Bertz CT molecular complexity index is 703. The molecule has 2 amide bonds. The summed E-state index contributed by atoms with van der Waals surface area (Å²) in [5.41, 5.74) is 1.96. The van der Waals surface area contributed by atoms with E-state index < -0.39 is 0 Å². The fraction of sp³-hybridized carbons (Fsp3) is 0.316. The minimum atomic E-state index is -0.0712. The number of urea groups is 1. The number of nitrogens with zero attached hydrogens (tertiary/aromatic N) is 1. The Kier molecular flexibility index (Phi) is 5.64. The molecule has 1 aliphatic heterocycles. The molecule has 1 unspecified atom stereocenters. The van der Waals surface area contributed by atoms with Crippen LogP contribution in [0.25, 0.3) is 0 Å². The molecule has 2 aromatic rings. The first-order chi connectivity index (χ1) is 11.6. The van der Waals surface area contributed by atoms with Gasteiger partial charge < -0.3 is 10.2 Å². The molecular formula is C19H20Cl2N2O. The maximum Gasteiger partial charge on any atom is 0.321 e. The van der Waals surface area contributed by atoms with Gasteiger partial charge in [-0.25, -0.2) is 4.79 Å². The summed E-state index contributed by atoms with van der Waals surface area (Å²) in [4.78, 5) is 14.5. The minimum absolute atomic E-state index is 0.0712. The van der Waals surface area contributed by atoms with Gasteiger partial charge in [0.1, 0.15) is 0 Å². The normalized spacial score (nSPS) is 18.1. The van der Waals surface area contributed by atoms with Gasteiger partial charge in [0.25, 0.3) is 0 Å². The molecule has 2 aromatic carbocycles. The smallest absolute Gasteiger partial charge is 0.321 e. The Morgan fingerprint density at radius 3 is 2.58 bits per heavy atom. The number of rotatable bonds is 2. The van der Waals surface area contributed by atoms with Gasteiger partial charge in [0.15, 0.2) is 0 Å². The number of anilines is 1. The molecule has 1 atom stereocenters. The molecule has 0 bridgehead atoms. The fourth-order valence-electron chi connectivity index (χ4n) is 3.10. The SMILES string of the molecule is O=C(Nc1cccc(Cl)c1)N1CCCCC(c2ccc(Cl)cc2)C1. The van der Waals surface area contributed by atoms with E-state index in [2.05, 4.69) is 17.4 Å². The van der Waals surface area contributed by atoms with Crippen molar-refractivity contribution in [1.29, 1.82) is 0 Å². The van der Waals surface area contributed by atoms with Crippen LogP contribution in [0.4, 0.5) is 10.5 Å². The maximum absolute atomic E-state index is 12.6. The lowest BCUT2D eigenvalue weighted by Gasteiger charge is -2.25. The highest BCUT2D eigenvalue weighted by Gasteiger charge is 2.23. The van der Waals surface area contributed by atoms with Gasteiger partial charge in [-0.3, -0.25) is 0 Å². The van der Waals surface area contributed by atoms with Crippen molar-refractivity contribution < 1.29 is 4.79 Å². The van der Waals surface area contributed by atoms with Crippen molar-refractivity contribution in [3.63, 3.8) is 0 Å². The number of nitrogens with one attached hydrogen (secondary N) is 1. The van der Waals surface area contributed by atoms with Crippen LogP contribution in [0.3, 0.4) is 0 Å². The van der Waals surface area contributed by atoms with E-state index in [4.69, 9.17) is 23.2 Å². The first-order valence-corrected chi connectivity index (χ1v) is 8.94. The molecule has 0 aliphatic carbocycles. The summed E-state index contributed by atoms with van der Waals surface area (Å²) in [6.45, 7) is 1.49. The lowest BCUT2D eigenvalue weighted by atomic mass is 9.94. The third-order valence-corrected chi connectivity index (χ3v) is 4.86. The molecular weight excluding hydrogens is 343 g/mol. The quantitative estimate of drug-likeness (QED) is 0.719. The highest BCUT2D eigenvalue weighted by molar-refractivity contribution is 6.31. The molecule has 24 heavy (non-hydrogen) atoms. The van der Waals surface area contributed by atoms with E-state index in [1.807, 2.05) is 29.2 Å². The second-order valence-electron chi connectivity index (χ2n) is 6.13. The van der Waals surface area contributed by atoms with E-state index in [1.165, 1.54) is 5.56 Å². The van der Waals surface area contributed by atoms with Crippen LogP contribution < -0.4 is 5.32 Å². The van der Waals surface area contributed by atoms with Crippen LogP contribution in [0.1, 0.15) is 30.7 Å². The van der Waals surface area contributed by atoms with E-state index in [0.29, 0.717) is 17.5 Å². The molecule has 5 heteroatoms. The summed E-state index contributed by atoms with van der Waals surface area (Å²) in [5, 5.41) is 4.30. The number of benzene rings is 2. The number of halogens is 2. The second-order valence-corrected chi connectivity index (χ2v) is 7.00. The predicted molar refractivity (Wildman–Crippen MR) is 100 cm³/mol. The van der Waals surface area contributed by atoms with E-state index in [9.17, 15) is 4.79 Å². The Balaban J connectivity index is 1.70. The molecule has 1 heterocycles. The molecule has 0 spiro atoms. The third kappa shape index (κ3) is 4.43. The Labute approximate surface area is 152 Å². The Hall–Kier alpha value is -1.71. The summed E-state index contributed by atoms with van der Waals surface area (Å²) in [7, 11) is 0. The molecule has 3 nitrogen and oxygen atoms in total. The highest BCUT2D eigenvalue weighted by atomic mass is 35.5. The van der Waals surface area contributed by atoms with Crippen molar-refractivity contribution in [1.82, 2.24) is 4.90 Å². The van der Waals surface area contributed by atoms with Crippen LogP contribution in [0, 0.1) is 0 Å². The number of likely N-dealkylation sites (tertiary alicyclic amines) is 1. The number of carbonyl (C=O) groups excluding carboxylic acids is 1. The molecule has 1 saturated heterocycles. The number of hydrogen-bond donors (Lipinski definition) is 1. The van der Waals surface area contributed by atoms with E-state index in [1.54, 1.807) is 12.1 Å². The summed E-state index contributed by atoms with van der Waals surface area (Å²) in [6.07, 6.45) is 3.23. The van der Waals surface area contributed by atoms with Crippen LogP contribution in [-0.2, 0) is 0 Å². The van der Waals surface area contributed by atoms with Crippen molar-refractivity contribution in [3.05, 3.63) is 64.1 Å². The molecule has 3 rings (SSSR count). The van der Waals surface area contributed by atoms with Crippen LogP contribution in [0.15, 0.2) is 48.5 Å². The Morgan fingerprint density at radius 2 is 1.83 bits per heavy atom. The maximum atomic E-state index is 12.6. The summed E-state index contributed by atoms with van der Waals surface area (Å²) in [6, 6.07) is 15.1. The summed E-state index contributed by atoms with van der Waals surface area (Å²) >= 11 is 12.0. The fourth-order valence-corrected chi connectivity index (χ4v) is 3.42. The van der Waals surface area contributed by atoms with Crippen LogP contribution in [0.2, 0.25) is 10.0 Å². The number of carbonyl (C=O) groups is 1. The van der Waals surface area contributed by atoms with Gasteiger partial charge in [-0.1, -0.05) is 47.8 Å². The van der Waals surface area contributed by atoms with Crippen LogP contribution in [0.5, 0.6) is 0 Å². The molecule has 0 aromatic heterocycles. The van der Waals surface area contributed by atoms with Crippen LogP contribution in [-0.4, -0.2) is 24.0 Å². The average molecular weight is 363 g/mol. The van der Waals surface area contributed by atoms with Gasteiger partial charge in [0.05, 0.1) is 0 Å². The topological polar surface area (TPSA) is 32.3 Å². The molecule has 0 saturated carbocycles. The first kappa shape index (κ1) is 17.1. The first-order valence-electron chi connectivity index (χ1n) is 8.19. The lowest BCUT2D eigenvalue weighted by Crippen LogP contribution is -2.37. The zero-order chi connectivity index (χ0) is 16.9. The van der Waals surface area contributed by atoms with Gasteiger partial charge in [-0.05, 0) is 48.7 Å². The Morgan fingerprint density at radius 1 is 1.04 bits per heavy atom. The zero-order valence-corrected chi connectivity index (χ0v) is 14.9. The summed E-state index contributed by atoms with van der Waals surface area (Å²) in [5.74, 6) is 0.342. The standard InChI is InChI=1S/C19H20Cl2N2O/c20-16-9-7-14(8-10-16)15-4-1-2-11-23(13-15)19(24)22-18-6-3-5-17(21)12-18/h3,5-10,12,15H,1-2,4,11,13H2,(H,22,24). The molecule has 1 aliphatic rings. The van der Waals surface area contributed by atoms with Crippen molar-refractivity contribution in [3.8, 4) is 0 Å². The lowest BCUT2D eigenvalue weighted by molar-refractivity contribution is 0.211. The van der Waals surface area contributed by atoms with Gasteiger partial charge in [0.2, 0.25) is 0 Å². The third-order valence-electron chi connectivity index (χ3n) is 4.38. The zero-order valence-electron chi connectivity index (χ0n) is 13.3. The largest absolute Gasteiger partial charge is 0.324 e. The molecule has 1 fully saturated rings. The van der Waals surface area contributed by atoms with E-state index >= 15 is 0 Å². The van der Waals surface area contributed by atoms with Gasteiger partial charge in [-0.15, -0.1) is 0 Å². The molecule has 126 valence electrons. The number of hydrogen-bond acceptors (Lipinski definition) is 1. The van der Waals surface area contributed by atoms with Crippen LogP contribution >= 0.6 is 23.2 Å². The van der Waals surface area contributed by atoms with Crippen molar-refractivity contribution in [2.45, 2.75) is 25.2 Å². The van der Waals surface area contributed by atoms with Gasteiger partial charge in [0, 0.05) is 34.7 Å². The van der Waals surface area contributed by atoms with Gasteiger partial charge in [-0.2, -0.15) is 0 Å². The molecule has 0 radical (unpaired) electrons. The van der Waals surface area contributed by atoms with Crippen molar-refractivity contribution in [2.75, 3.05) is 18.4 Å². The van der Waals surface area contributed by atoms with Crippen molar-refractivity contribution in [2.24, 2.45) is 0 Å². The average Bonchev–Trinajstić information content (AvgIpc) is 2.82. The predicted octanol–water partition coefficient (Wildman–Crippen LogP) is 5.80. The number of amides is 2. The summed E-state index contributed by atoms with van der Waals surface area (Å²) < 4.78 is 0. The minimum Gasteiger partial charge on any atom is -0.324 e.